The molecule has 0 bridgehead atoms. The van der Waals surface area contributed by atoms with E-state index < -0.39 is 12.0 Å². The molecule has 1 fully saturated rings. The quantitative estimate of drug-likeness (QED) is 0.276. The number of aromatic nitrogens is 1. The highest BCUT2D eigenvalue weighted by atomic mass is 32.2. The predicted molar refractivity (Wildman–Crippen MR) is 147 cm³/mol. The van der Waals surface area contributed by atoms with Crippen molar-refractivity contribution in [3.8, 4) is 0 Å². The monoisotopic (exact) mass is 501 g/mol. The average molecular weight is 502 g/mol. The molecule has 0 saturated carbocycles. The Morgan fingerprint density at radius 2 is 1.77 bits per heavy atom. The van der Waals surface area contributed by atoms with E-state index in [9.17, 15) is 14.7 Å². The number of rotatable bonds is 6. The number of thioether (sulfide) groups is 1. The number of nitrogens with zero attached hydrogens (tertiary/aromatic N) is 2. The number of nitrogens with one attached hydrogen (secondary N) is 1. The number of thiocarbonyl (C=S) groups is 1. The Kier molecular flexibility index (Phi) is 6.08. The molecule has 1 amide bonds. The molecule has 8 heteroatoms. The van der Waals surface area contributed by atoms with Gasteiger partial charge in [-0.3, -0.25) is 9.69 Å². The molecule has 1 saturated heterocycles. The van der Waals surface area contributed by atoms with Crippen molar-refractivity contribution in [2.24, 2.45) is 0 Å². The van der Waals surface area contributed by atoms with E-state index in [0.717, 1.165) is 50.3 Å². The van der Waals surface area contributed by atoms with Crippen LogP contribution in [0.25, 0.3) is 27.8 Å². The van der Waals surface area contributed by atoms with Crippen molar-refractivity contribution in [2.45, 2.75) is 12.5 Å². The van der Waals surface area contributed by atoms with Crippen molar-refractivity contribution in [3.05, 3.63) is 82.9 Å². The SMILES string of the molecule is CN(C)c1ccc(/C=C2\SC(=S)N([C@@H](Cc3c[nH]c4ccccc34)C(=O)O)C2=O)c2ccccc12. The molecule has 0 unspecified atom stereocenters. The molecule has 3 aromatic carbocycles. The molecule has 0 spiro atoms. The van der Waals surface area contributed by atoms with Crippen LogP contribution in [0.15, 0.2) is 71.8 Å². The van der Waals surface area contributed by atoms with Gasteiger partial charge in [0.1, 0.15) is 10.4 Å². The standard InChI is InChI=1S/C27H23N3O3S2/c1-29(2)22-12-11-16(18-7-3-4-9-20(18)22)14-24-25(31)30(27(34)35-24)23(26(32)33)13-17-15-28-21-10-6-5-8-19(17)21/h3-12,14-15,23,28H,13H2,1-2H3,(H,32,33)/b24-14-/t23-/m0/s1. The zero-order valence-electron chi connectivity index (χ0n) is 19.2. The molecule has 1 aliphatic heterocycles. The number of carbonyl (C=O) groups excluding carboxylic acids is 1. The first kappa shape index (κ1) is 23.1. The van der Waals surface area contributed by atoms with Gasteiger partial charge in [0.2, 0.25) is 0 Å². The molecule has 1 aliphatic rings. The number of H-pyrrole nitrogens is 1. The number of carbonyl (C=O) groups is 2. The van der Waals surface area contributed by atoms with E-state index in [1.54, 1.807) is 6.20 Å². The van der Waals surface area contributed by atoms with Crippen LogP contribution >= 0.6 is 24.0 Å². The minimum absolute atomic E-state index is 0.152. The molecule has 1 aromatic heterocycles. The van der Waals surface area contributed by atoms with Crippen molar-refractivity contribution >= 4 is 73.6 Å². The fourth-order valence-corrected chi connectivity index (χ4v) is 5.86. The van der Waals surface area contributed by atoms with Gasteiger partial charge in [0.25, 0.3) is 5.91 Å². The number of hydrogen-bond donors (Lipinski definition) is 2. The Balaban J connectivity index is 1.50. The summed E-state index contributed by atoms with van der Waals surface area (Å²) < 4.78 is 0.253. The van der Waals surface area contributed by atoms with Crippen LogP contribution in [-0.2, 0) is 16.0 Å². The smallest absolute Gasteiger partial charge is 0.327 e. The third-order valence-corrected chi connectivity index (χ3v) is 7.54. The van der Waals surface area contributed by atoms with Crippen molar-refractivity contribution in [1.82, 2.24) is 9.88 Å². The Morgan fingerprint density at radius 1 is 1.09 bits per heavy atom. The predicted octanol–water partition coefficient (Wildman–Crippen LogP) is 5.28. The van der Waals surface area contributed by atoms with Gasteiger partial charge in [-0.25, -0.2) is 4.79 Å². The van der Waals surface area contributed by atoms with Crippen LogP contribution in [-0.4, -0.2) is 51.3 Å². The van der Waals surface area contributed by atoms with Gasteiger partial charge < -0.3 is 15.0 Å². The number of amides is 1. The first-order valence-electron chi connectivity index (χ1n) is 11.1. The summed E-state index contributed by atoms with van der Waals surface area (Å²) in [4.78, 5) is 32.6. The summed E-state index contributed by atoms with van der Waals surface area (Å²) in [6, 6.07) is 18.6. The second-order valence-electron chi connectivity index (χ2n) is 8.58. The lowest BCUT2D eigenvalue weighted by molar-refractivity contribution is -0.145. The van der Waals surface area contributed by atoms with Crippen LogP contribution in [0.5, 0.6) is 0 Å². The summed E-state index contributed by atoms with van der Waals surface area (Å²) in [5, 5.41) is 13.1. The molecule has 6 nitrogen and oxygen atoms in total. The van der Waals surface area contributed by atoms with Crippen LogP contribution in [0.4, 0.5) is 5.69 Å². The summed E-state index contributed by atoms with van der Waals surface area (Å²) in [5.74, 6) is -1.47. The lowest BCUT2D eigenvalue weighted by Gasteiger charge is -2.23. The number of aliphatic carboxylic acids is 1. The van der Waals surface area contributed by atoms with E-state index >= 15 is 0 Å². The van der Waals surface area contributed by atoms with Crippen LogP contribution in [0.2, 0.25) is 0 Å². The third-order valence-electron chi connectivity index (χ3n) is 6.21. The van der Waals surface area contributed by atoms with E-state index in [1.165, 1.54) is 4.90 Å². The molecule has 35 heavy (non-hydrogen) atoms. The number of hydrogen-bond acceptors (Lipinski definition) is 5. The lowest BCUT2D eigenvalue weighted by Crippen LogP contribution is -2.45. The number of aromatic amines is 1. The summed E-state index contributed by atoms with van der Waals surface area (Å²) >= 11 is 6.64. The molecular weight excluding hydrogens is 478 g/mol. The van der Waals surface area contributed by atoms with Gasteiger partial charge in [0.15, 0.2) is 0 Å². The van der Waals surface area contributed by atoms with Crippen LogP contribution < -0.4 is 4.90 Å². The van der Waals surface area contributed by atoms with Gasteiger partial charge in [-0.05, 0) is 34.7 Å². The van der Waals surface area contributed by atoms with E-state index in [0.29, 0.717) is 4.91 Å². The Bertz CT molecular complexity index is 1520. The lowest BCUT2D eigenvalue weighted by atomic mass is 10.0. The minimum Gasteiger partial charge on any atom is -0.480 e. The average Bonchev–Trinajstić information content (AvgIpc) is 3.37. The molecule has 4 aromatic rings. The molecule has 5 rings (SSSR count). The number of fused-ring (bicyclic) bond motifs is 2. The van der Waals surface area contributed by atoms with Crippen LogP contribution in [0.3, 0.4) is 0 Å². The number of anilines is 1. The molecule has 2 heterocycles. The number of carboxylic acids is 1. The molecule has 1 atom stereocenters. The Labute approximate surface area is 212 Å². The van der Waals surface area contributed by atoms with Gasteiger partial charge in [0.05, 0.1) is 4.91 Å². The van der Waals surface area contributed by atoms with Gasteiger partial charge in [-0.15, -0.1) is 0 Å². The Morgan fingerprint density at radius 3 is 2.49 bits per heavy atom. The summed E-state index contributed by atoms with van der Waals surface area (Å²) in [5.41, 5.74) is 3.71. The maximum absolute atomic E-state index is 13.4. The van der Waals surface area contributed by atoms with E-state index in [4.69, 9.17) is 12.2 Å². The van der Waals surface area contributed by atoms with E-state index in [-0.39, 0.29) is 16.6 Å². The van der Waals surface area contributed by atoms with Crippen molar-refractivity contribution in [1.29, 1.82) is 0 Å². The minimum atomic E-state index is -1.10. The first-order valence-corrected chi connectivity index (χ1v) is 12.3. The summed E-state index contributed by atoms with van der Waals surface area (Å²) in [6.45, 7) is 0. The molecule has 0 aliphatic carbocycles. The fraction of sp³-hybridized carbons (Fsp3) is 0.148. The van der Waals surface area contributed by atoms with Gasteiger partial charge in [-0.1, -0.05) is 72.5 Å². The highest BCUT2D eigenvalue weighted by Crippen LogP contribution is 2.37. The second-order valence-corrected chi connectivity index (χ2v) is 10.3. The fourth-order valence-electron chi connectivity index (χ4n) is 4.51. The van der Waals surface area contributed by atoms with Gasteiger partial charge in [-0.2, -0.15) is 0 Å². The number of para-hydroxylation sites is 1. The van der Waals surface area contributed by atoms with Crippen molar-refractivity contribution in [2.75, 3.05) is 19.0 Å². The maximum Gasteiger partial charge on any atom is 0.327 e. The number of carboxylic acid groups (broad SMARTS) is 1. The largest absolute Gasteiger partial charge is 0.480 e. The zero-order chi connectivity index (χ0) is 24.7. The van der Waals surface area contributed by atoms with E-state index in [2.05, 4.69) is 11.1 Å². The maximum atomic E-state index is 13.4. The van der Waals surface area contributed by atoms with Gasteiger partial charge in [0, 0.05) is 48.7 Å². The second kappa shape index (κ2) is 9.20. The highest BCUT2D eigenvalue weighted by Gasteiger charge is 2.40. The Hall–Kier alpha value is -3.62. The van der Waals surface area contributed by atoms with Crippen molar-refractivity contribution in [3.63, 3.8) is 0 Å². The summed E-state index contributed by atoms with van der Waals surface area (Å²) in [6.07, 6.45) is 3.76. The highest BCUT2D eigenvalue weighted by molar-refractivity contribution is 8.26. The first-order chi connectivity index (χ1) is 16.8. The molecule has 176 valence electrons. The van der Waals surface area contributed by atoms with Gasteiger partial charge >= 0.3 is 5.97 Å². The van der Waals surface area contributed by atoms with E-state index in [1.807, 2.05) is 79.7 Å². The van der Waals surface area contributed by atoms with Crippen LogP contribution in [0, 0.1) is 0 Å². The van der Waals surface area contributed by atoms with Crippen molar-refractivity contribution < 1.29 is 14.7 Å². The molecule has 0 radical (unpaired) electrons. The number of benzene rings is 3. The summed E-state index contributed by atoms with van der Waals surface area (Å²) in [7, 11) is 3.98. The molecular formula is C27H23N3O3S2. The third kappa shape index (κ3) is 4.19. The molecule has 2 N–H and O–H groups in total. The normalized spacial score (nSPS) is 15.9. The zero-order valence-corrected chi connectivity index (χ0v) is 20.8. The topological polar surface area (TPSA) is 76.6 Å². The van der Waals surface area contributed by atoms with Crippen LogP contribution in [0.1, 0.15) is 11.1 Å².